The second kappa shape index (κ2) is 7.39. The second-order valence-electron chi connectivity index (χ2n) is 6.69. The van der Waals surface area contributed by atoms with Crippen LogP contribution in [0.15, 0.2) is 55.0 Å². The molecule has 1 aromatic rings. The van der Waals surface area contributed by atoms with E-state index in [-0.39, 0.29) is 11.8 Å². The van der Waals surface area contributed by atoms with Gasteiger partial charge in [0, 0.05) is 24.5 Å². The second-order valence-corrected chi connectivity index (χ2v) is 6.69. The molecule has 2 heterocycles. The number of rotatable bonds is 6. The molecular formula is C20H22N4O2. The predicted molar refractivity (Wildman–Crippen MR) is 99.7 cm³/mol. The summed E-state index contributed by atoms with van der Waals surface area (Å²) in [4.78, 5) is 28.5. The standard InChI is InChI=1S/C20H22N4O2/c1-13(2)18(19(21)25)23-20(26)16-8-15-9-22-10-17(15)24(12-16)11-14-6-4-3-5-7-14/h3-10,12-13,18H,11H2,1-2H3,(H2,21,25)(H,23,26). The topological polar surface area (TPSA) is 90.0 Å². The van der Waals surface area contributed by atoms with Crippen LogP contribution in [0.1, 0.15) is 29.8 Å². The summed E-state index contributed by atoms with van der Waals surface area (Å²) in [6.07, 6.45) is 5.28. The zero-order valence-electron chi connectivity index (χ0n) is 14.8. The summed E-state index contributed by atoms with van der Waals surface area (Å²) in [5.74, 6) is -0.953. The number of carbonyl (C=O) groups excluding carboxylic acids is 2. The molecule has 26 heavy (non-hydrogen) atoms. The molecule has 6 nitrogen and oxygen atoms in total. The molecule has 2 aliphatic rings. The third-order valence-electron chi connectivity index (χ3n) is 4.34. The Hall–Kier alpha value is -3.15. The number of hydrogen-bond donors (Lipinski definition) is 2. The van der Waals surface area contributed by atoms with Crippen LogP contribution in [0.5, 0.6) is 0 Å². The number of pyridine rings is 1. The first kappa shape index (κ1) is 17.7. The lowest BCUT2D eigenvalue weighted by Crippen LogP contribution is -2.47. The van der Waals surface area contributed by atoms with Crippen molar-refractivity contribution in [3.63, 3.8) is 0 Å². The van der Waals surface area contributed by atoms with Gasteiger partial charge >= 0.3 is 0 Å². The molecule has 0 radical (unpaired) electrons. The van der Waals surface area contributed by atoms with Gasteiger partial charge in [-0.25, -0.2) is 0 Å². The SMILES string of the molecule is CC(C)C(NC(=O)c1cc2cncc-2n(Cc2ccccc2)c1)C(N)=O. The largest absolute Gasteiger partial charge is 0.368 e. The number of nitrogens with zero attached hydrogens (tertiary/aromatic N) is 2. The summed E-state index contributed by atoms with van der Waals surface area (Å²) in [6.45, 7) is 4.30. The number of amides is 2. The van der Waals surface area contributed by atoms with E-state index in [1.54, 1.807) is 24.7 Å². The van der Waals surface area contributed by atoms with E-state index in [1.165, 1.54) is 0 Å². The summed E-state index contributed by atoms with van der Waals surface area (Å²) in [6, 6.07) is 11.1. The molecule has 0 aromatic heterocycles. The highest BCUT2D eigenvalue weighted by Gasteiger charge is 2.23. The quantitative estimate of drug-likeness (QED) is 0.714. The zero-order valence-corrected chi connectivity index (χ0v) is 14.8. The Labute approximate surface area is 152 Å². The van der Waals surface area contributed by atoms with Crippen molar-refractivity contribution in [2.24, 2.45) is 11.7 Å². The van der Waals surface area contributed by atoms with Crippen LogP contribution in [0.4, 0.5) is 0 Å². The van der Waals surface area contributed by atoms with E-state index in [9.17, 15) is 9.59 Å². The molecule has 1 aromatic carbocycles. The molecule has 134 valence electrons. The fraction of sp³-hybridized carbons (Fsp3) is 0.250. The molecule has 0 fully saturated rings. The van der Waals surface area contributed by atoms with E-state index < -0.39 is 11.9 Å². The molecule has 1 atom stereocenters. The molecule has 2 amide bonds. The van der Waals surface area contributed by atoms with Crippen molar-refractivity contribution >= 4 is 11.8 Å². The molecule has 0 spiro atoms. The highest BCUT2D eigenvalue weighted by atomic mass is 16.2. The lowest BCUT2D eigenvalue weighted by molar-refractivity contribution is -0.120. The normalized spacial score (nSPS) is 12.3. The Balaban J connectivity index is 1.93. The van der Waals surface area contributed by atoms with Crippen LogP contribution in [0.25, 0.3) is 11.3 Å². The Kier molecular flexibility index (Phi) is 5.02. The Bertz CT molecular complexity index is 886. The van der Waals surface area contributed by atoms with Crippen molar-refractivity contribution in [1.29, 1.82) is 0 Å². The maximum atomic E-state index is 12.7. The average molecular weight is 350 g/mol. The minimum Gasteiger partial charge on any atom is -0.368 e. The van der Waals surface area contributed by atoms with Gasteiger partial charge < -0.3 is 15.6 Å². The minimum absolute atomic E-state index is 0.0859. The molecule has 2 aliphatic heterocycles. The smallest absolute Gasteiger partial charge is 0.253 e. The summed E-state index contributed by atoms with van der Waals surface area (Å²) in [5, 5.41) is 2.73. The molecular weight excluding hydrogens is 328 g/mol. The molecule has 0 saturated carbocycles. The van der Waals surface area contributed by atoms with E-state index in [2.05, 4.69) is 10.3 Å². The molecule has 0 bridgehead atoms. The number of fused-ring (bicyclic) bond motifs is 1. The van der Waals surface area contributed by atoms with E-state index in [0.29, 0.717) is 12.1 Å². The average Bonchev–Trinajstić information content (AvgIpc) is 3.08. The number of hydrogen-bond acceptors (Lipinski definition) is 3. The van der Waals surface area contributed by atoms with E-state index >= 15 is 0 Å². The summed E-state index contributed by atoms with van der Waals surface area (Å²) < 4.78 is 1.99. The van der Waals surface area contributed by atoms with Crippen LogP contribution in [0.3, 0.4) is 0 Å². The van der Waals surface area contributed by atoms with Crippen LogP contribution >= 0.6 is 0 Å². The van der Waals surface area contributed by atoms with E-state index in [1.807, 2.05) is 48.7 Å². The van der Waals surface area contributed by atoms with Crippen molar-refractivity contribution in [2.45, 2.75) is 26.4 Å². The van der Waals surface area contributed by atoms with Crippen molar-refractivity contribution in [1.82, 2.24) is 14.9 Å². The van der Waals surface area contributed by atoms with Crippen molar-refractivity contribution in [3.8, 4) is 11.3 Å². The van der Waals surface area contributed by atoms with E-state index in [0.717, 1.165) is 16.8 Å². The minimum atomic E-state index is -0.710. The number of primary amides is 1. The maximum absolute atomic E-state index is 12.7. The zero-order chi connectivity index (χ0) is 18.7. The Morgan fingerprint density at radius 3 is 2.58 bits per heavy atom. The Morgan fingerprint density at radius 1 is 1.19 bits per heavy atom. The van der Waals surface area contributed by atoms with Gasteiger partial charge in [-0.3, -0.25) is 14.6 Å². The molecule has 6 heteroatoms. The number of aromatic nitrogens is 2. The van der Waals surface area contributed by atoms with Gasteiger partial charge in [-0.1, -0.05) is 44.2 Å². The third-order valence-corrected chi connectivity index (χ3v) is 4.34. The highest BCUT2D eigenvalue weighted by molar-refractivity contribution is 5.98. The predicted octanol–water partition coefficient (Wildman–Crippen LogP) is 2.28. The van der Waals surface area contributed by atoms with Gasteiger partial charge in [-0.2, -0.15) is 0 Å². The van der Waals surface area contributed by atoms with Crippen LogP contribution in [-0.4, -0.2) is 27.4 Å². The molecule has 1 unspecified atom stereocenters. The molecule has 3 N–H and O–H groups in total. The van der Waals surface area contributed by atoms with Gasteiger partial charge in [0.05, 0.1) is 17.5 Å². The molecule has 3 rings (SSSR count). The first-order chi connectivity index (χ1) is 12.5. The maximum Gasteiger partial charge on any atom is 0.253 e. The van der Waals surface area contributed by atoms with Gasteiger partial charge in [-0.05, 0) is 17.5 Å². The lowest BCUT2D eigenvalue weighted by atomic mass is 10.0. The highest BCUT2D eigenvalue weighted by Crippen LogP contribution is 2.24. The van der Waals surface area contributed by atoms with Gasteiger partial charge in [0.25, 0.3) is 5.91 Å². The van der Waals surface area contributed by atoms with Gasteiger partial charge in [-0.15, -0.1) is 0 Å². The van der Waals surface area contributed by atoms with E-state index in [4.69, 9.17) is 5.73 Å². The van der Waals surface area contributed by atoms with Crippen molar-refractivity contribution < 1.29 is 9.59 Å². The monoisotopic (exact) mass is 350 g/mol. The summed E-state index contributed by atoms with van der Waals surface area (Å²) in [7, 11) is 0. The molecule has 0 aliphatic carbocycles. The van der Waals surface area contributed by atoms with Crippen molar-refractivity contribution in [2.75, 3.05) is 0 Å². The number of carbonyl (C=O) groups is 2. The van der Waals surface area contributed by atoms with Crippen molar-refractivity contribution in [3.05, 3.63) is 66.1 Å². The Morgan fingerprint density at radius 2 is 1.92 bits per heavy atom. The first-order valence-electron chi connectivity index (χ1n) is 8.53. The third kappa shape index (κ3) is 3.74. The van der Waals surface area contributed by atoms with Crippen LogP contribution in [0.2, 0.25) is 0 Å². The van der Waals surface area contributed by atoms with Crippen LogP contribution in [0, 0.1) is 5.92 Å². The van der Waals surface area contributed by atoms with Crippen LogP contribution in [-0.2, 0) is 11.3 Å². The number of benzene rings is 1. The van der Waals surface area contributed by atoms with Gasteiger partial charge in [0.15, 0.2) is 0 Å². The van der Waals surface area contributed by atoms with Gasteiger partial charge in [0.2, 0.25) is 5.91 Å². The summed E-state index contributed by atoms with van der Waals surface area (Å²) in [5.41, 5.74) is 8.80. The number of nitrogens with one attached hydrogen (secondary N) is 1. The lowest BCUT2D eigenvalue weighted by Gasteiger charge is -2.20. The fourth-order valence-electron chi connectivity index (χ4n) is 2.95. The number of nitrogens with two attached hydrogens (primary N) is 1. The first-order valence-corrected chi connectivity index (χ1v) is 8.53. The summed E-state index contributed by atoms with van der Waals surface area (Å²) >= 11 is 0. The van der Waals surface area contributed by atoms with Crippen LogP contribution < -0.4 is 11.1 Å². The van der Waals surface area contributed by atoms with Gasteiger partial charge in [0.1, 0.15) is 6.04 Å². The molecule has 0 saturated heterocycles. The fourth-order valence-corrected chi connectivity index (χ4v) is 2.95.